The zero-order valence-electron chi connectivity index (χ0n) is 17.7. The third-order valence-electron chi connectivity index (χ3n) is 4.30. The molecule has 0 aliphatic rings. The molecule has 178 valence electrons. The first-order valence-electron chi connectivity index (χ1n) is 9.53. The highest BCUT2D eigenvalue weighted by Crippen LogP contribution is 2.43. The van der Waals surface area contributed by atoms with Gasteiger partial charge in [-0.1, -0.05) is 44.5 Å². The van der Waals surface area contributed by atoms with E-state index in [0.717, 1.165) is 5.01 Å². The maximum atomic E-state index is 12.5. The van der Waals surface area contributed by atoms with Crippen molar-refractivity contribution in [2.45, 2.75) is 38.8 Å². The van der Waals surface area contributed by atoms with Crippen molar-refractivity contribution in [2.24, 2.45) is 0 Å². The van der Waals surface area contributed by atoms with Gasteiger partial charge < -0.3 is 0 Å². The number of nitrogens with zero attached hydrogens (tertiary/aromatic N) is 3. The number of halogens is 5. The maximum absolute atomic E-state index is 12.5. The monoisotopic (exact) mass is 538 g/mol. The fourth-order valence-electron chi connectivity index (χ4n) is 2.72. The van der Waals surface area contributed by atoms with Crippen LogP contribution in [0.3, 0.4) is 0 Å². The van der Waals surface area contributed by atoms with Crippen molar-refractivity contribution in [3.8, 4) is 21.8 Å². The number of nitrogens with one attached hydrogen (secondary N) is 1. The highest BCUT2D eigenvalue weighted by atomic mass is 35.5. The fourth-order valence-corrected chi connectivity index (χ4v) is 5.40. The normalized spacial score (nSPS) is 12.7. The molecule has 0 radical (unpaired) electrons. The number of thiazole rings is 1. The van der Waals surface area contributed by atoms with Crippen molar-refractivity contribution in [3.05, 3.63) is 45.8 Å². The second-order valence-electron chi connectivity index (χ2n) is 8.11. The molecule has 2 aromatic heterocycles. The molecule has 33 heavy (non-hydrogen) atoms. The van der Waals surface area contributed by atoms with Crippen molar-refractivity contribution in [1.29, 1.82) is 0 Å². The minimum atomic E-state index is -4.60. The standard InChI is InChI=1S/C20H19Cl2F3N4O2S2/c1-19(2,3)17-28-15(16(32-17)13-7-9-26-18(22)27-13)11-5-4-6-12(14(11)21)29-33(30,31)10-8-20(23,24)25/h4-7,9,29H,8,10H2,1-3H3. The summed E-state index contributed by atoms with van der Waals surface area (Å²) in [5.74, 6) is -1.12. The van der Waals surface area contributed by atoms with Crippen LogP contribution in [0.5, 0.6) is 0 Å². The van der Waals surface area contributed by atoms with Crippen molar-refractivity contribution in [1.82, 2.24) is 15.0 Å². The van der Waals surface area contributed by atoms with Crippen LogP contribution in [0.25, 0.3) is 21.8 Å². The van der Waals surface area contributed by atoms with Gasteiger partial charge in [0, 0.05) is 17.2 Å². The number of rotatable bonds is 6. The maximum Gasteiger partial charge on any atom is 0.390 e. The molecule has 3 aromatic rings. The average molecular weight is 539 g/mol. The number of aromatic nitrogens is 3. The summed E-state index contributed by atoms with van der Waals surface area (Å²) in [6, 6.07) is 6.21. The van der Waals surface area contributed by atoms with Gasteiger partial charge in [-0.25, -0.2) is 23.4 Å². The molecule has 3 rings (SSSR count). The Kier molecular flexibility index (Phi) is 7.28. The Labute approximate surface area is 203 Å². The van der Waals surface area contributed by atoms with Crippen molar-refractivity contribution >= 4 is 50.2 Å². The Bertz CT molecular complexity index is 1270. The summed E-state index contributed by atoms with van der Waals surface area (Å²) in [4.78, 5) is 13.5. The summed E-state index contributed by atoms with van der Waals surface area (Å²) in [6.45, 7) is 5.96. The molecular formula is C20H19Cl2F3N4O2S2. The molecule has 6 nitrogen and oxygen atoms in total. The zero-order chi connectivity index (χ0) is 24.6. The Morgan fingerprint density at radius 2 is 1.79 bits per heavy atom. The van der Waals surface area contributed by atoms with Crippen LogP contribution in [0.2, 0.25) is 10.3 Å². The topological polar surface area (TPSA) is 84.8 Å². The third kappa shape index (κ3) is 6.56. The molecule has 1 aromatic carbocycles. The molecular weight excluding hydrogens is 520 g/mol. The van der Waals surface area contributed by atoms with Gasteiger partial charge in [0.2, 0.25) is 15.3 Å². The summed E-state index contributed by atoms with van der Waals surface area (Å²) >= 11 is 13.8. The quantitative estimate of drug-likeness (QED) is 0.359. The summed E-state index contributed by atoms with van der Waals surface area (Å²) < 4.78 is 64.0. The first kappa shape index (κ1) is 25.7. The van der Waals surface area contributed by atoms with Crippen LogP contribution in [-0.4, -0.2) is 35.3 Å². The van der Waals surface area contributed by atoms with Gasteiger partial charge in [-0.15, -0.1) is 11.3 Å². The van der Waals surface area contributed by atoms with E-state index >= 15 is 0 Å². The van der Waals surface area contributed by atoms with Crippen LogP contribution < -0.4 is 4.72 Å². The Balaban J connectivity index is 2.08. The number of benzene rings is 1. The summed E-state index contributed by atoms with van der Waals surface area (Å²) in [7, 11) is -4.29. The number of alkyl halides is 3. The van der Waals surface area contributed by atoms with E-state index in [9.17, 15) is 21.6 Å². The van der Waals surface area contributed by atoms with Crippen LogP contribution in [0.4, 0.5) is 18.9 Å². The number of sulfonamides is 1. The lowest BCUT2D eigenvalue weighted by Crippen LogP contribution is -2.22. The molecule has 13 heteroatoms. The van der Waals surface area contributed by atoms with Gasteiger partial charge in [0.1, 0.15) is 0 Å². The Hall–Kier alpha value is -1.95. The van der Waals surface area contributed by atoms with Crippen molar-refractivity contribution < 1.29 is 21.6 Å². The van der Waals surface area contributed by atoms with Crippen LogP contribution in [0, 0.1) is 0 Å². The Morgan fingerprint density at radius 1 is 1.09 bits per heavy atom. The lowest BCUT2D eigenvalue weighted by molar-refractivity contribution is -0.129. The molecule has 0 saturated carbocycles. The second-order valence-corrected chi connectivity index (χ2v) is 11.7. The molecule has 0 saturated heterocycles. The minimum Gasteiger partial charge on any atom is -0.282 e. The van der Waals surface area contributed by atoms with E-state index in [4.69, 9.17) is 28.2 Å². The van der Waals surface area contributed by atoms with Gasteiger partial charge in [-0.05, 0) is 23.7 Å². The molecule has 2 heterocycles. The first-order chi connectivity index (χ1) is 15.2. The van der Waals surface area contributed by atoms with E-state index in [1.165, 1.54) is 29.7 Å². The molecule has 0 aliphatic carbocycles. The van der Waals surface area contributed by atoms with Gasteiger partial charge in [0.15, 0.2) is 0 Å². The van der Waals surface area contributed by atoms with Gasteiger partial charge >= 0.3 is 6.18 Å². The van der Waals surface area contributed by atoms with Crippen LogP contribution in [-0.2, 0) is 15.4 Å². The second kappa shape index (κ2) is 9.36. The largest absolute Gasteiger partial charge is 0.390 e. The fraction of sp³-hybridized carbons (Fsp3) is 0.350. The van der Waals surface area contributed by atoms with Gasteiger partial charge in [0.25, 0.3) is 0 Å². The van der Waals surface area contributed by atoms with E-state index in [-0.39, 0.29) is 21.4 Å². The molecule has 0 aliphatic heterocycles. The predicted molar refractivity (Wildman–Crippen MR) is 125 cm³/mol. The highest BCUT2D eigenvalue weighted by Gasteiger charge is 2.30. The van der Waals surface area contributed by atoms with Gasteiger partial charge in [-0.2, -0.15) is 13.2 Å². The molecule has 0 fully saturated rings. The van der Waals surface area contributed by atoms with Crippen LogP contribution in [0.1, 0.15) is 32.2 Å². The SMILES string of the molecule is CC(C)(C)c1nc(-c2cccc(NS(=O)(=O)CCC(F)(F)F)c2Cl)c(-c2ccnc(Cl)n2)s1. The summed E-state index contributed by atoms with van der Waals surface area (Å²) in [5, 5.41) is 0.816. The number of hydrogen-bond donors (Lipinski definition) is 1. The number of hydrogen-bond acceptors (Lipinski definition) is 6. The van der Waals surface area contributed by atoms with Crippen LogP contribution in [0.15, 0.2) is 30.5 Å². The van der Waals surface area contributed by atoms with E-state index in [1.54, 1.807) is 12.1 Å². The predicted octanol–water partition coefficient (Wildman–Crippen LogP) is 6.57. The summed E-state index contributed by atoms with van der Waals surface area (Å²) in [5.41, 5.74) is 0.987. The number of anilines is 1. The van der Waals surface area contributed by atoms with E-state index in [2.05, 4.69) is 14.7 Å². The van der Waals surface area contributed by atoms with Crippen molar-refractivity contribution in [2.75, 3.05) is 10.5 Å². The van der Waals surface area contributed by atoms with E-state index in [1.807, 2.05) is 20.8 Å². The lowest BCUT2D eigenvalue weighted by Gasteiger charge is -2.14. The molecule has 0 bridgehead atoms. The third-order valence-corrected chi connectivity index (χ3v) is 7.67. The zero-order valence-corrected chi connectivity index (χ0v) is 20.8. The van der Waals surface area contributed by atoms with E-state index < -0.39 is 28.4 Å². The van der Waals surface area contributed by atoms with E-state index in [0.29, 0.717) is 21.8 Å². The molecule has 1 N–H and O–H groups in total. The molecule has 0 spiro atoms. The lowest BCUT2D eigenvalue weighted by atomic mass is 9.98. The highest BCUT2D eigenvalue weighted by molar-refractivity contribution is 7.92. The van der Waals surface area contributed by atoms with Gasteiger partial charge in [0.05, 0.1) is 44.2 Å². The average Bonchev–Trinajstić information content (AvgIpc) is 3.13. The van der Waals surface area contributed by atoms with Crippen molar-refractivity contribution in [3.63, 3.8) is 0 Å². The van der Waals surface area contributed by atoms with Crippen LogP contribution >= 0.6 is 34.5 Å². The molecule has 0 atom stereocenters. The molecule has 0 unspecified atom stereocenters. The molecule has 0 amide bonds. The summed E-state index contributed by atoms with van der Waals surface area (Å²) in [6.07, 6.45) is -4.57. The smallest absolute Gasteiger partial charge is 0.282 e. The minimum absolute atomic E-state index is 0.000228. The first-order valence-corrected chi connectivity index (χ1v) is 12.7. The van der Waals surface area contributed by atoms with Gasteiger partial charge in [-0.3, -0.25) is 4.72 Å². The Morgan fingerprint density at radius 3 is 2.39 bits per heavy atom.